The van der Waals surface area contributed by atoms with Gasteiger partial charge in [0, 0.05) is 6.20 Å². The van der Waals surface area contributed by atoms with E-state index < -0.39 is 0 Å². The van der Waals surface area contributed by atoms with Crippen molar-refractivity contribution in [1.29, 1.82) is 0 Å². The van der Waals surface area contributed by atoms with Gasteiger partial charge in [-0.1, -0.05) is 6.58 Å². The lowest BCUT2D eigenvalue weighted by Gasteiger charge is -1.97. The zero-order chi connectivity index (χ0) is 7.68. The van der Waals surface area contributed by atoms with E-state index >= 15 is 0 Å². The van der Waals surface area contributed by atoms with E-state index in [1.165, 1.54) is 0 Å². The smallest absolute Gasteiger partial charge is 0.129 e. The minimum atomic E-state index is 0.769. The fourth-order valence-electron chi connectivity index (χ4n) is 0.960. The van der Waals surface area contributed by atoms with Gasteiger partial charge >= 0.3 is 0 Å². The third-order valence-corrected chi connectivity index (χ3v) is 1.51. The van der Waals surface area contributed by atoms with Crippen LogP contribution in [0.5, 0.6) is 0 Å². The van der Waals surface area contributed by atoms with Crippen LogP contribution in [0.15, 0.2) is 25.0 Å². The highest BCUT2D eigenvalue weighted by molar-refractivity contribution is 5.56. The molecule has 0 saturated carbocycles. The molecule has 0 aromatic carbocycles. The second-order valence-electron chi connectivity index (χ2n) is 2.22. The van der Waals surface area contributed by atoms with Crippen LogP contribution in [-0.2, 0) is 0 Å². The summed E-state index contributed by atoms with van der Waals surface area (Å²) < 4.78 is 0. The molecule has 2 heterocycles. The molecule has 0 saturated heterocycles. The Kier molecular flexibility index (Phi) is 1.22. The Morgan fingerprint density at radius 1 is 1.45 bits per heavy atom. The van der Waals surface area contributed by atoms with E-state index in [1.54, 1.807) is 18.5 Å². The van der Waals surface area contributed by atoms with Crippen LogP contribution >= 0.6 is 0 Å². The molecule has 3 nitrogen and oxygen atoms in total. The fourth-order valence-corrected chi connectivity index (χ4v) is 0.960. The van der Waals surface area contributed by atoms with Crippen molar-refractivity contribution in [2.75, 3.05) is 0 Å². The van der Waals surface area contributed by atoms with Gasteiger partial charge in [-0.05, 0) is 12.1 Å². The second-order valence-corrected chi connectivity index (χ2v) is 2.22. The van der Waals surface area contributed by atoms with Gasteiger partial charge in [0.05, 0.1) is 11.9 Å². The quantitative estimate of drug-likeness (QED) is 0.661. The summed E-state index contributed by atoms with van der Waals surface area (Å²) in [7, 11) is 0. The van der Waals surface area contributed by atoms with Crippen molar-refractivity contribution < 1.29 is 0 Å². The molecule has 0 unspecified atom stereocenters. The standard InChI is InChI=1S/C8H7N3/c1-2-8-10-5-7-6(11-8)3-4-9-7/h2-5H,1H2,(H,10,11). The lowest BCUT2D eigenvalue weighted by molar-refractivity contribution is 1.13. The number of hydrogen-bond donors (Lipinski definition) is 1. The molecule has 2 aliphatic heterocycles. The van der Waals surface area contributed by atoms with Crippen LogP contribution in [0, 0.1) is 0 Å². The normalized spacial score (nSPS) is 10.2. The molecule has 0 fully saturated rings. The van der Waals surface area contributed by atoms with Crippen LogP contribution in [-0.4, -0.2) is 15.0 Å². The fraction of sp³-hybridized carbons (Fsp3) is 0. The zero-order valence-corrected chi connectivity index (χ0v) is 5.91. The van der Waals surface area contributed by atoms with Gasteiger partial charge in [0.25, 0.3) is 0 Å². The highest BCUT2D eigenvalue weighted by atomic mass is 14.9. The van der Waals surface area contributed by atoms with Gasteiger partial charge in [0.15, 0.2) is 0 Å². The van der Waals surface area contributed by atoms with Gasteiger partial charge in [0.2, 0.25) is 0 Å². The largest absolute Gasteiger partial charge is 0.338 e. The van der Waals surface area contributed by atoms with E-state index in [0.29, 0.717) is 0 Å². The van der Waals surface area contributed by atoms with E-state index in [1.807, 2.05) is 6.07 Å². The Morgan fingerprint density at radius 2 is 2.36 bits per heavy atom. The van der Waals surface area contributed by atoms with E-state index in [4.69, 9.17) is 0 Å². The molecular weight excluding hydrogens is 138 g/mol. The third-order valence-electron chi connectivity index (χ3n) is 1.51. The molecule has 0 aliphatic carbocycles. The first-order valence-corrected chi connectivity index (χ1v) is 3.32. The maximum atomic E-state index is 4.07. The minimum absolute atomic E-state index is 0.769. The number of nitrogens with one attached hydrogen (secondary N) is 1. The first-order valence-electron chi connectivity index (χ1n) is 3.32. The van der Waals surface area contributed by atoms with Crippen molar-refractivity contribution in [3.05, 3.63) is 30.9 Å². The number of fused-ring (bicyclic) bond motifs is 1. The lowest BCUT2D eigenvalue weighted by Crippen LogP contribution is -1.89. The van der Waals surface area contributed by atoms with E-state index in [0.717, 1.165) is 17.2 Å². The van der Waals surface area contributed by atoms with Crippen molar-refractivity contribution >= 4 is 6.08 Å². The number of rotatable bonds is 1. The summed E-state index contributed by atoms with van der Waals surface area (Å²) in [5, 5.41) is 0. The first kappa shape index (κ1) is 6.09. The summed E-state index contributed by atoms with van der Waals surface area (Å²) >= 11 is 0. The summed E-state index contributed by atoms with van der Waals surface area (Å²) in [6.07, 6.45) is 5.14. The Labute approximate surface area is 64.2 Å². The molecule has 11 heavy (non-hydrogen) atoms. The van der Waals surface area contributed by atoms with Crippen LogP contribution in [0.25, 0.3) is 17.5 Å². The average Bonchev–Trinajstić information content (AvgIpc) is 2.50. The van der Waals surface area contributed by atoms with Crippen LogP contribution < -0.4 is 0 Å². The van der Waals surface area contributed by atoms with Gasteiger partial charge in [-0.3, -0.25) is 4.98 Å². The van der Waals surface area contributed by atoms with E-state index in [2.05, 4.69) is 21.5 Å². The van der Waals surface area contributed by atoms with Gasteiger partial charge in [-0.15, -0.1) is 0 Å². The van der Waals surface area contributed by atoms with Crippen LogP contribution in [0.4, 0.5) is 0 Å². The summed E-state index contributed by atoms with van der Waals surface area (Å²) in [4.78, 5) is 11.2. The summed E-state index contributed by atoms with van der Waals surface area (Å²) in [5.74, 6) is 0.769. The monoisotopic (exact) mass is 145 g/mol. The zero-order valence-electron chi connectivity index (χ0n) is 5.91. The molecule has 0 spiro atoms. The van der Waals surface area contributed by atoms with Crippen molar-refractivity contribution in [3.8, 4) is 11.4 Å². The number of aromatic amines is 1. The van der Waals surface area contributed by atoms with Gasteiger partial charge < -0.3 is 4.98 Å². The Morgan fingerprint density at radius 3 is 3.18 bits per heavy atom. The van der Waals surface area contributed by atoms with Crippen LogP contribution in [0.1, 0.15) is 5.82 Å². The molecule has 3 heteroatoms. The van der Waals surface area contributed by atoms with Crippen molar-refractivity contribution in [2.45, 2.75) is 0 Å². The molecule has 0 bridgehead atoms. The molecule has 54 valence electrons. The second kappa shape index (κ2) is 2.20. The predicted octanol–water partition coefficient (Wildman–Crippen LogP) is 1.55. The molecule has 1 N–H and O–H groups in total. The maximum Gasteiger partial charge on any atom is 0.129 e. The lowest BCUT2D eigenvalue weighted by atomic mass is 10.3. The number of nitrogens with zero attached hydrogens (tertiary/aromatic N) is 2. The summed E-state index contributed by atoms with van der Waals surface area (Å²) in [6.45, 7) is 3.61. The van der Waals surface area contributed by atoms with Crippen LogP contribution in [0.3, 0.4) is 0 Å². The topological polar surface area (TPSA) is 41.6 Å². The van der Waals surface area contributed by atoms with Gasteiger partial charge in [-0.2, -0.15) is 0 Å². The molecule has 2 rings (SSSR count). The number of hydrogen-bond acceptors (Lipinski definition) is 2. The Balaban J connectivity index is 2.68. The van der Waals surface area contributed by atoms with Crippen molar-refractivity contribution in [1.82, 2.24) is 15.0 Å². The number of aromatic nitrogens is 3. The third kappa shape index (κ3) is 0.902. The van der Waals surface area contributed by atoms with Crippen LogP contribution in [0.2, 0.25) is 0 Å². The minimum Gasteiger partial charge on any atom is -0.338 e. The SMILES string of the molecule is C=Cc1ncc2nccc-2[nH]1. The van der Waals surface area contributed by atoms with Gasteiger partial charge in [0.1, 0.15) is 11.5 Å². The number of H-pyrrole nitrogens is 1. The molecule has 0 amide bonds. The average molecular weight is 145 g/mol. The molecule has 0 aromatic rings. The molecular formula is C8H7N3. The van der Waals surface area contributed by atoms with Gasteiger partial charge in [-0.25, -0.2) is 4.98 Å². The predicted molar refractivity (Wildman–Crippen MR) is 43.1 cm³/mol. The molecule has 0 radical (unpaired) electrons. The first-order chi connectivity index (χ1) is 5.40. The Hall–Kier alpha value is -1.64. The van der Waals surface area contributed by atoms with Crippen molar-refractivity contribution in [3.63, 3.8) is 0 Å². The van der Waals surface area contributed by atoms with Crippen molar-refractivity contribution in [2.24, 2.45) is 0 Å². The highest BCUT2D eigenvalue weighted by Gasteiger charge is 2.02. The summed E-state index contributed by atoms with van der Waals surface area (Å²) in [5.41, 5.74) is 1.88. The van der Waals surface area contributed by atoms with E-state index in [-0.39, 0.29) is 0 Å². The molecule has 0 atom stereocenters. The maximum absolute atomic E-state index is 4.07. The Bertz CT molecular complexity index is 350. The summed E-state index contributed by atoms with van der Waals surface area (Å²) in [6, 6.07) is 1.91. The van der Waals surface area contributed by atoms with E-state index in [9.17, 15) is 0 Å². The molecule has 2 aliphatic rings. The highest BCUT2D eigenvalue weighted by Crippen LogP contribution is 2.14. The molecule has 0 aromatic heterocycles.